The average molecular weight is 412 g/mol. The highest BCUT2D eigenvalue weighted by Gasteiger charge is 2.13. The highest BCUT2D eigenvalue weighted by molar-refractivity contribution is 5.96. The van der Waals surface area contributed by atoms with Crippen LogP contribution in [-0.2, 0) is 4.74 Å². The number of nitrogens with zero attached hydrogens (tertiary/aromatic N) is 3. The van der Waals surface area contributed by atoms with E-state index < -0.39 is 0 Å². The second-order valence-corrected chi connectivity index (χ2v) is 7.88. The third-order valence-corrected chi connectivity index (χ3v) is 4.60. The lowest BCUT2D eigenvalue weighted by Gasteiger charge is -2.24. The maximum Gasteiger partial charge on any atom is 0.220 e. The minimum atomic E-state index is 0.0113. The summed E-state index contributed by atoms with van der Waals surface area (Å²) >= 11 is 0. The molecule has 0 aromatic heterocycles. The summed E-state index contributed by atoms with van der Waals surface area (Å²) in [6.07, 6.45) is 16.1. The minimum Gasteiger partial charge on any atom is -0.492 e. The predicted octanol–water partition coefficient (Wildman–Crippen LogP) is 6.63. The summed E-state index contributed by atoms with van der Waals surface area (Å²) in [6, 6.07) is 0.0113. The Morgan fingerprint density at radius 3 is 2.80 bits per heavy atom. The van der Waals surface area contributed by atoms with Gasteiger partial charge < -0.3 is 9.64 Å². The molecule has 0 aromatic carbocycles. The third-order valence-electron chi connectivity index (χ3n) is 4.60. The smallest absolute Gasteiger partial charge is 0.220 e. The van der Waals surface area contributed by atoms with Crippen LogP contribution in [0.2, 0.25) is 0 Å². The van der Waals surface area contributed by atoms with Gasteiger partial charge in [0.1, 0.15) is 12.4 Å². The summed E-state index contributed by atoms with van der Waals surface area (Å²) in [5, 5.41) is 0. The third kappa shape index (κ3) is 11.0. The maximum absolute atomic E-state index is 6.11. The van der Waals surface area contributed by atoms with Crippen molar-refractivity contribution in [2.75, 3.05) is 19.7 Å². The first-order valence-corrected chi connectivity index (χ1v) is 11.4. The average Bonchev–Trinajstić information content (AvgIpc) is 2.81. The van der Waals surface area contributed by atoms with Crippen molar-refractivity contribution < 1.29 is 4.74 Å². The molecule has 1 unspecified atom stereocenters. The van der Waals surface area contributed by atoms with Crippen LogP contribution < -0.4 is 0 Å². The molecule has 1 aliphatic carbocycles. The van der Waals surface area contributed by atoms with Crippen molar-refractivity contribution in [1.82, 2.24) is 4.90 Å². The lowest BCUT2D eigenvalue weighted by molar-refractivity contribution is 0.208. The number of unbranched alkanes of at least 4 members (excludes halogenated alkanes) is 1. The Kier molecular flexibility index (Phi) is 13.3. The summed E-state index contributed by atoms with van der Waals surface area (Å²) in [5.74, 6) is 1.73. The van der Waals surface area contributed by atoms with E-state index in [1.807, 2.05) is 19.1 Å². The van der Waals surface area contributed by atoms with Crippen LogP contribution >= 0.6 is 0 Å². The summed E-state index contributed by atoms with van der Waals surface area (Å²) in [5.41, 5.74) is 5.50. The van der Waals surface area contributed by atoms with Crippen molar-refractivity contribution in [2.24, 2.45) is 9.98 Å². The molecule has 1 atom stereocenters. The van der Waals surface area contributed by atoms with E-state index in [9.17, 15) is 0 Å². The van der Waals surface area contributed by atoms with E-state index in [1.165, 1.54) is 5.57 Å². The second kappa shape index (κ2) is 15.5. The lowest BCUT2D eigenvalue weighted by Crippen LogP contribution is -2.33. The summed E-state index contributed by atoms with van der Waals surface area (Å²) in [4.78, 5) is 12.1. The van der Waals surface area contributed by atoms with E-state index in [-0.39, 0.29) is 6.04 Å². The molecule has 0 saturated carbocycles. The van der Waals surface area contributed by atoms with Gasteiger partial charge in [0, 0.05) is 25.2 Å². The van der Waals surface area contributed by atoms with Crippen LogP contribution in [0.15, 0.2) is 64.0 Å². The number of allylic oxidation sites excluding steroid dienone is 5. The Morgan fingerprint density at radius 1 is 1.30 bits per heavy atom. The molecule has 1 aliphatic rings. The number of aliphatic imine (C=N–C) groups is 2. The standard InChI is InChI=1S/C26H41N3O/c1-7-10-19-29(18-9-3)26(27-23(5)15-8-2)28-24(6)21-30-25-17-14-12-11-13-16-22(4)20-25/h8,12-13,17,20,24H,2,7,9-10,14-16,18-19,21H2,1,3-6H3. The summed E-state index contributed by atoms with van der Waals surface area (Å²) in [6.45, 7) is 17.0. The number of rotatable bonds is 11. The van der Waals surface area contributed by atoms with Crippen molar-refractivity contribution in [1.29, 1.82) is 0 Å². The fourth-order valence-corrected chi connectivity index (χ4v) is 3.00. The zero-order valence-electron chi connectivity index (χ0n) is 19.8. The Bertz CT molecular complexity index is 706. The van der Waals surface area contributed by atoms with Gasteiger partial charge in [-0.15, -0.1) is 12.3 Å². The van der Waals surface area contributed by atoms with Gasteiger partial charge in [-0.1, -0.05) is 31.9 Å². The maximum atomic E-state index is 6.11. The van der Waals surface area contributed by atoms with E-state index in [2.05, 4.69) is 63.1 Å². The van der Waals surface area contributed by atoms with Crippen LogP contribution in [0, 0.1) is 0 Å². The van der Waals surface area contributed by atoms with Gasteiger partial charge in [0.05, 0.1) is 6.04 Å². The molecule has 1 rings (SSSR count). The van der Waals surface area contributed by atoms with Gasteiger partial charge in [-0.25, -0.2) is 9.98 Å². The molecule has 0 aliphatic heterocycles. The molecule has 0 spiro atoms. The van der Waals surface area contributed by atoms with Gasteiger partial charge in [-0.2, -0.15) is 0 Å². The van der Waals surface area contributed by atoms with Gasteiger partial charge >= 0.3 is 0 Å². The van der Waals surface area contributed by atoms with E-state index in [0.717, 1.165) is 69.0 Å². The molecule has 0 heterocycles. The summed E-state index contributed by atoms with van der Waals surface area (Å²) in [7, 11) is 0. The molecule has 0 bridgehead atoms. The number of ether oxygens (including phenoxy) is 1. The lowest BCUT2D eigenvalue weighted by atomic mass is 10.2. The van der Waals surface area contributed by atoms with Crippen LogP contribution in [0.5, 0.6) is 0 Å². The Hall–Kier alpha value is -2.32. The predicted molar refractivity (Wildman–Crippen MR) is 131 cm³/mol. The first-order valence-electron chi connectivity index (χ1n) is 11.4. The quantitative estimate of drug-likeness (QED) is 0.165. The van der Waals surface area contributed by atoms with E-state index in [4.69, 9.17) is 14.7 Å². The molecule has 0 aromatic rings. The number of hydrogen-bond donors (Lipinski definition) is 0. The van der Waals surface area contributed by atoms with E-state index in [0.29, 0.717) is 6.61 Å². The Morgan fingerprint density at radius 2 is 2.10 bits per heavy atom. The monoisotopic (exact) mass is 411 g/mol. The van der Waals surface area contributed by atoms with Crippen molar-refractivity contribution >= 4 is 11.7 Å². The first kappa shape index (κ1) is 25.7. The Labute approximate surface area is 184 Å². The largest absolute Gasteiger partial charge is 0.492 e. The van der Waals surface area contributed by atoms with Crippen molar-refractivity contribution in [2.45, 2.75) is 79.2 Å². The fraction of sp³-hybridized carbons (Fsp3) is 0.577. The Balaban J connectivity index is 2.96. The van der Waals surface area contributed by atoms with Crippen LogP contribution in [0.3, 0.4) is 0 Å². The van der Waals surface area contributed by atoms with Gasteiger partial charge in [0.15, 0.2) is 0 Å². The molecule has 4 nitrogen and oxygen atoms in total. The fourth-order valence-electron chi connectivity index (χ4n) is 3.00. The minimum absolute atomic E-state index is 0.0113. The molecule has 4 heteroatoms. The van der Waals surface area contributed by atoms with Gasteiger partial charge in [0.25, 0.3) is 0 Å². The molecule has 0 fully saturated rings. The van der Waals surface area contributed by atoms with Gasteiger partial charge in [-0.3, -0.25) is 0 Å². The molecule has 0 radical (unpaired) electrons. The normalized spacial score (nSPS) is 16.2. The van der Waals surface area contributed by atoms with Gasteiger partial charge in [-0.05, 0) is 70.8 Å². The van der Waals surface area contributed by atoms with Crippen LogP contribution in [0.25, 0.3) is 0 Å². The molecule has 0 saturated heterocycles. The highest BCUT2D eigenvalue weighted by atomic mass is 16.5. The number of hydrogen-bond acceptors (Lipinski definition) is 2. The van der Waals surface area contributed by atoms with Gasteiger partial charge in [0.2, 0.25) is 5.96 Å². The van der Waals surface area contributed by atoms with Crippen LogP contribution in [0.1, 0.15) is 73.1 Å². The topological polar surface area (TPSA) is 37.2 Å². The summed E-state index contributed by atoms with van der Waals surface area (Å²) < 4.78 is 6.11. The first-order chi connectivity index (χ1) is 14.5. The molecular weight excluding hydrogens is 370 g/mol. The van der Waals surface area contributed by atoms with Crippen LogP contribution in [-0.4, -0.2) is 42.3 Å². The SMILES string of the molecule is C=CCC(C)=NC(=NC(C)COC1=CCC=C=CCC(C)=C1)N(CCC)CCCC. The molecule has 166 valence electrons. The van der Waals surface area contributed by atoms with E-state index >= 15 is 0 Å². The second-order valence-electron chi connectivity index (χ2n) is 7.88. The zero-order valence-corrected chi connectivity index (χ0v) is 19.8. The zero-order chi connectivity index (χ0) is 22.2. The highest BCUT2D eigenvalue weighted by Crippen LogP contribution is 2.13. The number of guanidine groups is 1. The van der Waals surface area contributed by atoms with Crippen LogP contribution in [0.4, 0.5) is 0 Å². The molecule has 0 N–H and O–H groups in total. The molecular formula is C26H41N3O. The molecule has 30 heavy (non-hydrogen) atoms. The van der Waals surface area contributed by atoms with E-state index in [1.54, 1.807) is 0 Å². The molecule has 0 amide bonds. The van der Waals surface area contributed by atoms with Crippen molar-refractivity contribution in [3.8, 4) is 0 Å². The van der Waals surface area contributed by atoms with Crippen molar-refractivity contribution in [3.63, 3.8) is 0 Å². The van der Waals surface area contributed by atoms with Crippen molar-refractivity contribution in [3.05, 3.63) is 54.0 Å².